The van der Waals surface area contributed by atoms with Crippen molar-refractivity contribution in [3.05, 3.63) is 47.7 Å². The first-order valence-corrected chi connectivity index (χ1v) is 7.48. The monoisotopic (exact) mass is 281 g/mol. The average molecular weight is 281 g/mol. The number of aryl methyl sites for hydroxylation is 2. The number of benzene rings is 1. The highest BCUT2D eigenvalue weighted by atomic mass is 15.4. The Morgan fingerprint density at radius 3 is 3.29 bits per heavy atom. The molecule has 3 heterocycles. The molecule has 1 aliphatic rings. The Balaban J connectivity index is 1.47. The van der Waals surface area contributed by atoms with Crippen LogP contribution in [0, 0.1) is 6.92 Å². The molecule has 21 heavy (non-hydrogen) atoms. The summed E-state index contributed by atoms with van der Waals surface area (Å²) in [5.41, 5.74) is 2.54. The van der Waals surface area contributed by atoms with E-state index in [1.165, 1.54) is 16.5 Å². The van der Waals surface area contributed by atoms with Gasteiger partial charge in [-0.25, -0.2) is 9.67 Å². The molecule has 5 nitrogen and oxygen atoms in total. The summed E-state index contributed by atoms with van der Waals surface area (Å²) >= 11 is 0. The van der Waals surface area contributed by atoms with Crippen LogP contribution in [0.25, 0.3) is 10.9 Å². The van der Waals surface area contributed by atoms with Gasteiger partial charge in [0.2, 0.25) is 0 Å². The van der Waals surface area contributed by atoms with E-state index < -0.39 is 0 Å². The summed E-state index contributed by atoms with van der Waals surface area (Å²) in [7, 11) is 0. The number of rotatable bonds is 3. The lowest BCUT2D eigenvalue weighted by Gasteiger charge is -2.23. The first-order chi connectivity index (χ1) is 10.3. The topological polar surface area (TPSA) is 58.5 Å². The van der Waals surface area contributed by atoms with Gasteiger partial charge < -0.3 is 10.3 Å². The summed E-state index contributed by atoms with van der Waals surface area (Å²) in [5, 5.41) is 9.43. The summed E-state index contributed by atoms with van der Waals surface area (Å²) in [6, 6.07) is 9.02. The van der Waals surface area contributed by atoms with Crippen molar-refractivity contribution in [1.29, 1.82) is 0 Å². The minimum Gasteiger partial charge on any atom is -0.361 e. The maximum absolute atomic E-state index is 4.46. The van der Waals surface area contributed by atoms with Crippen molar-refractivity contribution < 1.29 is 0 Å². The zero-order chi connectivity index (χ0) is 14.2. The highest BCUT2D eigenvalue weighted by Crippen LogP contribution is 2.18. The predicted octanol–water partition coefficient (Wildman–Crippen LogP) is 2.17. The highest BCUT2D eigenvalue weighted by molar-refractivity contribution is 5.82. The molecule has 0 amide bonds. The van der Waals surface area contributed by atoms with Gasteiger partial charge in [0.15, 0.2) is 0 Å². The van der Waals surface area contributed by atoms with Gasteiger partial charge in [-0.05, 0) is 31.0 Å². The second kappa shape index (κ2) is 5.00. The molecule has 4 rings (SSSR count). The fraction of sp³-hybridized carbons (Fsp3) is 0.375. The smallest absolute Gasteiger partial charge is 0.147 e. The molecule has 3 aromatic rings. The minimum absolute atomic E-state index is 0.466. The van der Waals surface area contributed by atoms with Crippen molar-refractivity contribution in [3.8, 4) is 0 Å². The number of nitrogens with one attached hydrogen (secondary N) is 2. The predicted molar refractivity (Wildman–Crippen MR) is 82.0 cm³/mol. The number of hydrogen-bond acceptors (Lipinski definition) is 3. The molecule has 108 valence electrons. The third-order valence-corrected chi connectivity index (χ3v) is 4.23. The number of fused-ring (bicyclic) bond motifs is 2. The largest absolute Gasteiger partial charge is 0.361 e. The SMILES string of the molecule is Cc1nc2n(n1)CC(NCc1cccc3[nH]ccc13)CC2. The second-order valence-corrected chi connectivity index (χ2v) is 5.73. The van der Waals surface area contributed by atoms with Gasteiger partial charge in [0.1, 0.15) is 11.6 Å². The van der Waals surface area contributed by atoms with E-state index in [0.717, 1.165) is 37.6 Å². The van der Waals surface area contributed by atoms with Gasteiger partial charge in [0.25, 0.3) is 0 Å². The molecule has 0 radical (unpaired) electrons. The van der Waals surface area contributed by atoms with E-state index in [0.29, 0.717) is 6.04 Å². The Morgan fingerprint density at radius 2 is 2.33 bits per heavy atom. The number of aromatic nitrogens is 4. The molecule has 1 aromatic carbocycles. The van der Waals surface area contributed by atoms with Crippen LogP contribution in [0.1, 0.15) is 23.6 Å². The summed E-state index contributed by atoms with van der Waals surface area (Å²) < 4.78 is 2.05. The van der Waals surface area contributed by atoms with Crippen LogP contribution in [0.4, 0.5) is 0 Å². The molecule has 0 spiro atoms. The number of aromatic amines is 1. The molecule has 1 unspecified atom stereocenters. The molecular formula is C16H19N5. The fourth-order valence-electron chi connectivity index (χ4n) is 3.16. The second-order valence-electron chi connectivity index (χ2n) is 5.73. The van der Waals surface area contributed by atoms with Gasteiger partial charge >= 0.3 is 0 Å². The van der Waals surface area contributed by atoms with Gasteiger partial charge in [0.05, 0.1) is 6.54 Å². The van der Waals surface area contributed by atoms with E-state index in [1.54, 1.807) is 0 Å². The zero-order valence-corrected chi connectivity index (χ0v) is 12.1. The van der Waals surface area contributed by atoms with E-state index in [1.807, 2.05) is 17.8 Å². The molecule has 5 heteroatoms. The maximum atomic E-state index is 4.46. The molecule has 0 saturated heterocycles. The van der Waals surface area contributed by atoms with Crippen LogP contribution in [-0.4, -0.2) is 25.8 Å². The number of nitrogens with zero attached hydrogens (tertiary/aromatic N) is 3. The minimum atomic E-state index is 0.466. The quantitative estimate of drug-likeness (QED) is 0.773. The van der Waals surface area contributed by atoms with Crippen LogP contribution in [0.2, 0.25) is 0 Å². The summed E-state index contributed by atoms with van der Waals surface area (Å²) in [6.07, 6.45) is 4.13. The Bertz CT molecular complexity index is 770. The van der Waals surface area contributed by atoms with Crippen LogP contribution >= 0.6 is 0 Å². The van der Waals surface area contributed by atoms with Crippen molar-refractivity contribution in [2.24, 2.45) is 0 Å². The van der Waals surface area contributed by atoms with E-state index in [4.69, 9.17) is 0 Å². The lowest BCUT2D eigenvalue weighted by molar-refractivity contribution is 0.358. The van der Waals surface area contributed by atoms with Gasteiger partial charge in [0, 0.05) is 36.1 Å². The van der Waals surface area contributed by atoms with E-state index in [9.17, 15) is 0 Å². The van der Waals surface area contributed by atoms with Crippen LogP contribution < -0.4 is 5.32 Å². The Morgan fingerprint density at radius 1 is 1.38 bits per heavy atom. The van der Waals surface area contributed by atoms with Crippen molar-refractivity contribution in [2.45, 2.75) is 38.9 Å². The molecule has 2 aromatic heterocycles. The van der Waals surface area contributed by atoms with Crippen molar-refractivity contribution >= 4 is 10.9 Å². The lowest BCUT2D eigenvalue weighted by Crippen LogP contribution is -2.37. The first-order valence-electron chi connectivity index (χ1n) is 7.48. The standard InChI is InChI=1S/C16H19N5/c1-11-19-16-6-5-13(10-21(16)20-11)18-9-12-3-2-4-15-14(12)7-8-17-15/h2-4,7-8,13,17-18H,5-6,9-10H2,1H3. The number of H-pyrrole nitrogens is 1. The van der Waals surface area contributed by atoms with Crippen molar-refractivity contribution in [3.63, 3.8) is 0 Å². The van der Waals surface area contributed by atoms with Gasteiger partial charge in [-0.1, -0.05) is 12.1 Å². The molecule has 0 fully saturated rings. The van der Waals surface area contributed by atoms with Crippen molar-refractivity contribution in [1.82, 2.24) is 25.1 Å². The fourth-order valence-corrected chi connectivity index (χ4v) is 3.16. The van der Waals surface area contributed by atoms with Gasteiger partial charge in [-0.3, -0.25) is 0 Å². The summed E-state index contributed by atoms with van der Waals surface area (Å²) in [5.74, 6) is 2.00. The molecule has 1 atom stereocenters. The Labute approximate surface area is 123 Å². The van der Waals surface area contributed by atoms with Crippen LogP contribution in [0.3, 0.4) is 0 Å². The number of hydrogen-bond donors (Lipinski definition) is 2. The normalized spacial score (nSPS) is 18.0. The average Bonchev–Trinajstić information content (AvgIpc) is 3.09. The first kappa shape index (κ1) is 12.6. The summed E-state index contributed by atoms with van der Waals surface area (Å²) in [4.78, 5) is 7.72. The molecular weight excluding hydrogens is 262 g/mol. The molecule has 0 saturated carbocycles. The lowest BCUT2D eigenvalue weighted by atomic mass is 10.1. The Hall–Kier alpha value is -2.14. The molecule has 0 aliphatic carbocycles. The molecule has 1 aliphatic heterocycles. The Kier molecular flexibility index (Phi) is 3.00. The third kappa shape index (κ3) is 2.34. The maximum Gasteiger partial charge on any atom is 0.147 e. The highest BCUT2D eigenvalue weighted by Gasteiger charge is 2.20. The van der Waals surface area contributed by atoms with E-state index in [-0.39, 0.29) is 0 Å². The van der Waals surface area contributed by atoms with Crippen molar-refractivity contribution in [2.75, 3.05) is 0 Å². The van der Waals surface area contributed by atoms with Crippen LogP contribution in [-0.2, 0) is 19.5 Å². The van der Waals surface area contributed by atoms with Crippen LogP contribution in [0.15, 0.2) is 30.5 Å². The zero-order valence-electron chi connectivity index (χ0n) is 12.1. The molecule has 0 bridgehead atoms. The summed E-state index contributed by atoms with van der Waals surface area (Å²) in [6.45, 7) is 3.77. The van der Waals surface area contributed by atoms with Crippen LogP contribution in [0.5, 0.6) is 0 Å². The van der Waals surface area contributed by atoms with Gasteiger partial charge in [-0.2, -0.15) is 5.10 Å². The molecule has 2 N–H and O–H groups in total. The van der Waals surface area contributed by atoms with E-state index in [2.05, 4.69) is 44.6 Å². The van der Waals surface area contributed by atoms with E-state index >= 15 is 0 Å². The third-order valence-electron chi connectivity index (χ3n) is 4.23. The van der Waals surface area contributed by atoms with Gasteiger partial charge in [-0.15, -0.1) is 0 Å².